The minimum atomic E-state index is -5.08. The summed E-state index contributed by atoms with van der Waals surface area (Å²) in [6, 6.07) is 11.3. The number of nitrogens with zero attached hydrogens (tertiary/aromatic N) is 3. The van der Waals surface area contributed by atoms with Gasteiger partial charge in [-0.15, -0.1) is 0 Å². The van der Waals surface area contributed by atoms with Gasteiger partial charge in [-0.25, -0.2) is 9.59 Å². The molecule has 0 aromatic carbocycles. The first kappa shape index (κ1) is 31.4. The Morgan fingerprint density at radius 3 is 1.97 bits per heavy atom. The summed E-state index contributed by atoms with van der Waals surface area (Å²) in [6.45, 7) is 1.60. The molecule has 1 saturated carbocycles. The number of rotatable bonds is 4. The smallest absolute Gasteiger partial charge is 0.475 e. The van der Waals surface area contributed by atoms with Crippen molar-refractivity contribution in [2.45, 2.75) is 50.1 Å². The molecular formula is C23H23F6N3O7. The zero-order chi connectivity index (χ0) is 29.2. The van der Waals surface area contributed by atoms with E-state index in [4.69, 9.17) is 29.3 Å². The van der Waals surface area contributed by atoms with Crippen molar-refractivity contribution in [3.8, 4) is 0 Å². The Morgan fingerprint density at radius 1 is 0.923 bits per heavy atom. The third kappa shape index (κ3) is 9.79. The van der Waals surface area contributed by atoms with Crippen LogP contribution >= 0.6 is 0 Å². The average molecular weight is 567 g/mol. The van der Waals surface area contributed by atoms with Gasteiger partial charge < -0.3 is 24.6 Å². The fraction of sp³-hybridized carbons (Fsp3) is 0.435. The van der Waals surface area contributed by atoms with Gasteiger partial charge in [0.2, 0.25) is 0 Å². The number of fused-ring (bicyclic) bond motifs is 1. The SMILES string of the molecule is O=C(O)C(F)(F)F.O=C(O)C(F)(F)F.O=C(c1ccccn1)N1CCO[C@H]2[C@H](OCc3ccccn3)CC[C@@H]21. The van der Waals surface area contributed by atoms with Crippen molar-refractivity contribution in [3.05, 3.63) is 60.2 Å². The minimum Gasteiger partial charge on any atom is -0.475 e. The topological polar surface area (TPSA) is 139 Å². The zero-order valence-electron chi connectivity index (χ0n) is 19.9. The van der Waals surface area contributed by atoms with Crippen LogP contribution in [0.4, 0.5) is 26.3 Å². The van der Waals surface area contributed by atoms with Gasteiger partial charge in [0, 0.05) is 18.9 Å². The molecule has 214 valence electrons. The van der Waals surface area contributed by atoms with E-state index in [1.807, 2.05) is 35.2 Å². The van der Waals surface area contributed by atoms with Gasteiger partial charge >= 0.3 is 24.3 Å². The molecular weight excluding hydrogens is 544 g/mol. The van der Waals surface area contributed by atoms with E-state index in [2.05, 4.69) is 9.97 Å². The monoisotopic (exact) mass is 567 g/mol. The van der Waals surface area contributed by atoms with E-state index in [9.17, 15) is 31.1 Å². The summed E-state index contributed by atoms with van der Waals surface area (Å²) < 4.78 is 75.5. The predicted molar refractivity (Wildman–Crippen MR) is 118 cm³/mol. The lowest BCUT2D eigenvalue weighted by Gasteiger charge is -2.38. The number of carboxylic acid groups (broad SMARTS) is 2. The molecule has 2 aromatic rings. The van der Waals surface area contributed by atoms with Crippen LogP contribution in [0.1, 0.15) is 29.0 Å². The number of carbonyl (C=O) groups is 3. The normalized spacial score (nSPS) is 20.5. The van der Waals surface area contributed by atoms with Crippen molar-refractivity contribution in [3.63, 3.8) is 0 Å². The van der Waals surface area contributed by atoms with Crippen molar-refractivity contribution in [2.75, 3.05) is 13.2 Å². The molecule has 16 heteroatoms. The lowest BCUT2D eigenvalue weighted by Crippen LogP contribution is -2.54. The molecule has 1 amide bonds. The summed E-state index contributed by atoms with van der Waals surface area (Å²) in [5.41, 5.74) is 1.39. The number of alkyl halides is 6. The molecule has 0 bridgehead atoms. The van der Waals surface area contributed by atoms with E-state index in [1.165, 1.54) is 0 Å². The van der Waals surface area contributed by atoms with E-state index < -0.39 is 24.3 Å². The first-order valence-corrected chi connectivity index (χ1v) is 11.2. The van der Waals surface area contributed by atoms with Crippen molar-refractivity contribution < 1.29 is 60.4 Å². The lowest BCUT2D eigenvalue weighted by molar-refractivity contribution is -0.193. The van der Waals surface area contributed by atoms with Gasteiger partial charge in [-0.2, -0.15) is 26.3 Å². The number of carboxylic acids is 2. The predicted octanol–water partition coefficient (Wildman–Crippen LogP) is 3.33. The van der Waals surface area contributed by atoms with Crippen LogP contribution in [0.5, 0.6) is 0 Å². The molecule has 3 heterocycles. The lowest BCUT2D eigenvalue weighted by atomic mass is 10.1. The van der Waals surface area contributed by atoms with Gasteiger partial charge in [0.25, 0.3) is 5.91 Å². The Kier molecular flexibility index (Phi) is 11.2. The maximum absolute atomic E-state index is 12.8. The Morgan fingerprint density at radius 2 is 1.49 bits per heavy atom. The number of morpholine rings is 1. The van der Waals surface area contributed by atoms with Crippen LogP contribution in [0.15, 0.2) is 48.8 Å². The molecule has 3 atom stereocenters. The molecule has 2 N–H and O–H groups in total. The third-order valence-electron chi connectivity index (χ3n) is 5.34. The standard InChI is InChI=1S/C19H21N3O3.2C2HF3O2/c23-19(15-6-2-4-10-21-15)22-11-12-24-18-16(22)7-8-17(18)25-13-14-5-1-3-9-20-14;2*3-2(4,5)1(6)7/h1-6,9-10,16-18H,7-8,11-13H2;2*(H,6,7)/t16-,17+,18+;;/m0../s1. The number of hydrogen-bond acceptors (Lipinski definition) is 7. The van der Waals surface area contributed by atoms with Crippen LogP contribution in [0.3, 0.4) is 0 Å². The van der Waals surface area contributed by atoms with Crippen molar-refractivity contribution >= 4 is 17.8 Å². The Labute approximate surface area is 217 Å². The summed E-state index contributed by atoms with van der Waals surface area (Å²) in [6.07, 6.45) is -5.07. The molecule has 1 aliphatic carbocycles. The fourth-order valence-electron chi connectivity index (χ4n) is 3.66. The molecule has 39 heavy (non-hydrogen) atoms. The summed E-state index contributed by atoms with van der Waals surface area (Å²) in [7, 11) is 0. The molecule has 1 saturated heterocycles. The summed E-state index contributed by atoms with van der Waals surface area (Å²) >= 11 is 0. The first-order chi connectivity index (χ1) is 18.2. The highest BCUT2D eigenvalue weighted by Crippen LogP contribution is 2.33. The second kappa shape index (κ2) is 13.8. The maximum Gasteiger partial charge on any atom is 0.490 e. The first-order valence-electron chi connectivity index (χ1n) is 11.2. The van der Waals surface area contributed by atoms with E-state index in [0.29, 0.717) is 25.5 Å². The number of aromatic nitrogens is 2. The quantitative estimate of drug-likeness (QED) is 0.533. The molecule has 0 radical (unpaired) electrons. The van der Waals surface area contributed by atoms with Crippen molar-refractivity contribution in [1.82, 2.24) is 14.9 Å². The Hall–Kier alpha value is -3.79. The molecule has 2 aliphatic rings. The molecule has 2 fully saturated rings. The minimum absolute atomic E-state index is 0.00802. The third-order valence-corrected chi connectivity index (χ3v) is 5.34. The van der Waals surface area contributed by atoms with Crippen molar-refractivity contribution in [1.29, 1.82) is 0 Å². The van der Waals surface area contributed by atoms with Gasteiger partial charge in [-0.1, -0.05) is 12.1 Å². The van der Waals surface area contributed by atoms with Gasteiger partial charge in [-0.05, 0) is 37.1 Å². The van der Waals surface area contributed by atoms with E-state index in [1.54, 1.807) is 18.5 Å². The number of hydrogen-bond donors (Lipinski definition) is 2. The largest absolute Gasteiger partial charge is 0.490 e. The van der Waals surface area contributed by atoms with Crippen molar-refractivity contribution in [2.24, 2.45) is 0 Å². The van der Waals surface area contributed by atoms with Gasteiger partial charge in [0.15, 0.2) is 0 Å². The maximum atomic E-state index is 12.8. The number of ether oxygens (including phenoxy) is 2. The van der Waals surface area contributed by atoms with Crippen LogP contribution in [-0.4, -0.2) is 86.7 Å². The molecule has 1 aliphatic heterocycles. The Balaban J connectivity index is 0.000000317. The van der Waals surface area contributed by atoms with Gasteiger partial charge in [-0.3, -0.25) is 14.8 Å². The van der Waals surface area contributed by atoms with E-state index in [-0.39, 0.29) is 24.2 Å². The number of amides is 1. The van der Waals surface area contributed by atoms with Crippen LogP contribution in [0.2, 0.25) is 0 Å². The van der Waals surface area contributed by atoms with Gasteiger partial charge in [0.05, 0.1) is 31.1 Å². The summed E-state index contributed by atoms with van der Waals surface area (Å²) in [5, 5.41) is 14.2. The average Bonchev–Trinajstić information content (AvgIpc) is 3.31. The summed E-state index contributed by atoms with van der Waals surface area (Å²) in [4.78, 5) is 41.0. The molecule has 0 spiro atoms. The van der Waals surface area contributed by atoms with Crippen LogP contribution in [0, 0.1) is 0 Å². The molecule has 2 aromatic heterocycles. The number of halogens is 6. The highest BCUT2D eigenvalue weighted by Gasteiger charge is 2.45. The zero-order valence-corrected chi connectivity index (χ0v) is 19.9. The highest BCUT2D eigenvalue weighted by atomic mass is 19.4. The van der Waals surface area contributed by atoms with E-state index >= 15 is 0 Å². The highest BCUT2D eigenvalue weighted by molar-refractivity contribution is 5.92. The number of aliphatic carboxylic acids is 2. The van der Waals surface area contributed by atoms with Crippen LogP contribution < -0.4 is 0 Å². The second-order valence-electron chi connectivity index (χ2n) is 7.97. The second-order valence-corrected chi connectivity index (χ2v) is 7.97. The molecule has 4 rings (SSSR count). The van der Waals surface area contributed by atoms with Crippen LogP contribution in [-0.2, 0) is 25.7 Å². The number of carbonyl (C=O) groups excluding carboxylic acids is 1. The fourth-order valence-corrected chi connectivity index (χ4v) is 3.66. The number of pyridine rings is 2. The summed E-state index contributed by atoms with van der Waals surface area (Å²) in [5.74, 6) is -5.54. The Bertz CT molecular complexity index is 1060. The van der Waals surface area contributed by atoms with E-state index in [0.717, 1.165) is 18.5 Å². The van der Waals surface area contributed by atoms with Crippen LogP contribution in [0.25, 0.3) is 0 Å². The van der Waals surface area contributed by atoms with Gasteiger partial charge in [0.1, 0.15) is 11.8 Å². The molecule has 0 unspecified atom stereocenters. The molecule has 10 nitrogen and oxygen atoms in total.